The molecular formula is C16H16Cl2IN. The topological polar surface area (TPSA) is 12.0 Å². The van der Waals surface area contributed by atoms with Crippen molar-refractivity contribution in [1.29, 1.82) is 0 Å². The number of hydrogen-bond donors (Lipinski definition) is 1. The van der Waals surface area contributed by atoms with Gasteiger partial charge in [0.2, 0.25) is 0 Å². The molecule has 0 aliphatic rings. The number of nitrogens with one attached hydrogen (secondary N) is 1. The minimum atomic E-state index is 0.220. The van der Waals surface area contributed by atoms with E-state index in [-0.39, 0.29) is 6.04 Å². The van der Waals surface area contributed by atoms with Gasteiger partial charge in [-0.3, -0.25) is 0 Å². The predicted octanol–water partition coefficient (Wildman–Crippen LogP) is 5.41. The molecular weight excluding hydrogens is 404 g/mol. The molecule has 2 aromatic rings. The van der Waals surface area contributed by atoms with Crippen LogP contribution < -0.4 is 5.32 Å². The Morgan fingerprint density at radius 2 is 1.85 bits per heavy atom. The molecule has 0 radical (unpaired) electrons. The van der Waals surface area contributed by atoms with E-state index in [0.717, 1.165) is 12.0 Å². The average molecular weight is 420 g/mol. The van der Waals surface area contributed by atoms with Gasteiger partial charge in [0, 0.05) is 9.61 Å². The molecule has 0 bridgehead atoms. The quantitative estimate of drug-likeness (QED) is 0.653. The smallest absolute Gasteiger partial charge is 0.0624 e. The van der Waals surface area contributed by atoms with Crippen molar-refractivity contribution < 1.29 is 0 Å². The van der Waals surface area contributed by atoms with E-state index in [0.29, 0.717) is 10.0 Å². The van der Waals surface area contributed by atoms with Crippen LogP contribution in [-0.2, 0) is 6.42 Å². The van der Waals surface area contributed by atoms with Crippen molar-refractivity contribution in [1.82, 2.24) is 5.32 Å². The Bertz CT molecular complexity index is 613. The van der Waals surface area contributed by atoms with E-state index in [4.69, 9.17) is 23.2 Å². The molecule has 0 fully saturated rings. The third-order valence-electron chi connectivity index (χ3n) is 3.40. The van der Waals surface area contributed by atoms with E-state index in [1.54, 1.807) is 0 Å². The van der Waals surface area contributed by atoms with Crippen LogP contribution in [-0.4, -0.2) is 7.05 Å². The van der Waals surface area contributed by atoms with Gasteiger partial charge in [-0.1, -0.05) is 53.5 Å². The first kappa shape index (κ1) is 16.1. The summed E-state index contributed by atoms with van der Waals surface area (Å²) in [6, 6.07) is 12.4. The molecule has 0 spiro atoms. The van der Waals surface area contributed by atoms with Crippen molar-refractivity contribution in [2.24, 2.45) is 0 Å². The standard InChI is InChI=1S/C16H16Cl2IN/c1-10-5-3-7-12(16(10)19)14(20-2)9-11-6-4-8-13(17)15(11)18/h3-8,14,20H,9H2,1-2H3. The van der Waals surface area contributed by atoms with Gasteiger partial charge in [-0.15, -0.1) is 0 Å². The lowest BCUT2D eigenvalue weighted by Crippen LogP contribution is -2.20. The summed E-state index contributed by atoms with van der Waals surface area (Å²) in [6.07, 6.45) is 0.815. The average Bonchev–Trinajstić information content (AvgIpc) is 2.44. The van der Waals surface area contributed by atoms with Crippen LogP contribution in [0.25, 0.3) is 0 Å². The Balaban J connectivity index is 2.34. The maximum absolute atomic E-state index is 6.29. The summed E-state index contributed by atoms with van der Waals surface area (Å²) in [4.78, 5) is 0. The van der Waals surface area contributed by atoms with Crippen molar-refractivity contribution in [3.63, 3.8) is 0 Å². The number of hydrogen-bond acceptors (Lipinski definition) is 1. The summed E-state index contributed by atoms with van der Waals surface area (Å²) in [6.45, 7) is 2.13. The molecule has 2 rings (SSSR count). The molecule has 4 heteroatoms. The summed E-state index contributed by atoms with van der Waals surface area (Å²) < 4.78 is 1.29. The molecule has 1 unspecified atom stereocenters. The number of likely N-dealkylation sites (N-methyl/N-ethyl adjacent to an activating group) is 1. The first-order valence-corrected chi connectivity index (χ1v) is 8.23. The zero-order chi connectivity index (χ0) is 14.7. The molecule has 20 heavy (non-hydrogen) atoms. The van der Waals surface area contributed by atoms with E-state index < -0.39 is 0 Å². The number of halogens is 3. The summed E-state index contributed by atoms with van der Waals surface area (Å²) >= 11 is 14.8. The zero-order valence-corrected chi connectivity index (χ0v) is 15.1. The molecule has 0 saturated carbocycles. The normalized spacial score (nSPS) is 12.4. The maximum atomic E-state index is 6.29. The molecule has 0 heterocycles. The molecule has 1 N–H and O–H groups in total. The third-order valence-corrected chi connectivity index (χ3v) is 5.73. The van der Waals surface area contributed by atoms with Gasteiger partial charge < -0.3 is 5.32 Å². The lowest BCUT2D eigenvalue weighted by Gasteiger charge is -2.20. The number of rotatable bonds is 4. The Morgan fingerprint density at radius 1 is 1.15 bits per heavy atom. The summed E-state index contributed by atoms with van der Waals surface area (Å²) in [5, 5.41) is 4.63. The molecule has 0 saturated heterocycles. The van der Waals surface area contributed by atoms with Crippen LogP contribution in [0, 0.1) is 10.5 Å². The molecule has 1 atom stereocenters. The van der Waals surface area contributed by atoms with Crippen molar-refractivity contribution >= 4 is 45.8 Å². The van der Waals surface area contributed by atoms with Gasteiger partial charge in [-0.25, -0.2) is 0 Å². The zero-order valence-electron chi connectivity index (χ0n) is 11.4. The van der Waals surface area contributed by atoms with Crippen molar-refractivity contribution in [3.8, 4) is 0 Å². The fraction of sp³-hybridized carbons (Fsp3) is 0.250. The fourth-order valence-electron chi connectivity index (χ4n) is 2.23. The maximum Gasteiger partial charge on any atom is 0.0624 e. The Labute approximate surface area is 143 Å². The molecule has 106 valence electrons. The van der Waals surface area contributed by atoms with E-state index in [2.05, 4.69) is 53.0 Å². The summed E-state index contributed by atoms with van der Waals surface area (Å²) in [5.41, 5.74) is 3.65. The minimum Gasteiger partial charge on any atom is -0.313 e. The second kappa shape index (κ2) is 7.12. The van der Waals surface area contributed by atoms with Gasteiger partial charge in [-0.05, 0) is 65.7 Å². The molecule has 2 aromatic carbocycles. The number of benzene rings is 2. The van der Waals surface area contributed by atoms with E-state index in [1.165, 1.54) is 14.7 Å². The van der Waals surface area contributed by atoms with Crippen LogP contribution in [0.5, 0.6) is 0 Å². The van der Waals surface area contributed by atoms with E-state index in [1.807, 2.05) is 25.2 Å². The monoisotopic (exact) mass is 419 g/mol. The highest BCUT2D eigenvalue weighted by atomic mass is 127. The van der Waals surface area contributed by atoms with Gasteiger partial charge in [0.05, 0.1) is 10.0 Å². The third kappa shape index (κ3) is 3.48. The molecule has 0 aromatic heterocycles. The van der Waals surface area contributed by atoms with E-state index in [9.17, 15) is 0 Å². The highest BCUT2D eigenvalue weighted by Gasteiger charge is 2.16. The number of aryl methyl sites for hydroxylation is 1. The Hall–Kier alpha value is -0.290. The van der Waals surface area contributed by atoms with Crippen LogP contribution >= 0.6 is 45.8 Å². The van der Waals surface area contributed by atoms with Gasteiger partial charge in [-0.2, -0.15) is 0 Å². The van der Waals surface area contributed by atoms with Gasteiger partial charge in [0.25, 0.3) is 0 Å². The largest absolute Gasteiger partial charge is 0.313 e. The fourth-order valence-corrected chi connectivity index (χ4v) is 3.37. The molecule has 0 amide bonds. The Morgan fingerprint density at radius 3 is 2.55 bits per heavy atom. The highest BCUT2D eigenvalue weighted by molar-refractivity contribution is 14.1. The van der Waals surface area contributed by atoms with Crippen molar-refractivity contribution in [2.75, 3.05) is 7.05 Å². The van der Waals surface area contributed by atoms with E-state index >= 15 is 0 Å². The van der Waals surface area contributed by atoms with Crippen LogP contribution in [0.2, 0.25) is 10.0 Å². The lowest BCUT2D eigenvalue weighted by molar-refractivity contribution is 0.589. The van der Waals surface area contributed by atoms with Crippen LogP contribution in [0.15, 0.2) is 36.4 Å². The van der Waals surface area contributed by atoms with Crippen LogP contribution in [0.1, 0.15) is 22.7 Å². The minimum absolute atomic E-state index is 0.220. The SMILES string of the molecule is CNC(Cc1cccc(Cl)c1Cl)c1cccc(C)c1I. The second-order valence-corrected chi connectivity index (χ2v) is 6.60. The van der Waals surface area contributed by atoms with Gasteiger partial charge >= 0.3 is 0 Å². The summed E-state index contributed by atoms with van der Waals surface area (Å²) in [7, 11) is 1.97. The van der Waals surface area contributed by atoms with Crippen LogP contribution in [0.3, 0.4) is 0 Å². The van der Waals surface area contributed by atoms with Gasteiger partial charge in [0.1, 0.15) is 0 Å². The first-order valence-electron chi connectivity index (χ1n) is 6.39. The Kier molecular flexibility index (Phi) is 5.73. The molecule has 1 nitrogen and oxygen atoms in total. The predicted molar refractivity (Wildman–Crippen MR) is 95.9 cm³/mol. The summed E-state index contributed by atoms with van der Waals surface area (Å²) in [5.74, 6) is 0. The van der Waals surface area contributed by atoms with Crippen molar-refractivity contribution in [2.45, 2.75) is 19.4 Å². The van der Waals surface area contributed by atoms with Crippen molar-refractivity contribution in [3.05, 3.63) is 66.7 Å². The highest BCUT2D eigenvalue weighted by Crippen LogP contribution is 2.31. The lowest BCUT2D eigenvalue weighted by atomic mass is 9.97. The van der Waals surface area contributed by atoms with Gasteiger partial charge in [0.15, 0.2) is 0 Å². The molecule has 0 aliphatic heterocycles. The molecule has 0 aliphatic carbocycles. The first-order chi connectivity index (χ1) is 9.54. The second-order valence-electron chi connectivity index (χ2n) is 4.74. The van der Waals surface area contributed by atoms with Crippen LogP contribution in [0.4, 0.5) is 0 Å².